The average Bonchev–Trinajstić information content (AvgIpc) is 0.834. The molecule has 0 saturated heterocycles. The number of phenolic OH excluding ortho intramolecular Hbond substituents is 2. The van der Waals surface area contributed by atoms with Crippen molar-refractivity contribution >= 4 is 120 Å². The van der Waals surface area contributed by atoms with Crippen LogP contribution in [0.1, 0.15) is 109 Å². The molecule has 0 aliphatic heterocycles. The van der Waals surface area contributed by atoms with E-state index < -0.39 is 196 Å². The minimum absolute atomic E-state index is 0.0273. The Kier molecular flexibility index (Phi) is 44.8. The molecule has 0 aliphatic rings. The molecule has 2 rings (SSSR count). The largest absolute Gasteiger partial charge is 0.508 e. The lowest BCUT2D eigenvalue weighted by molar-refractivity contribution is -0.142. The standard InChI is InChI=1S/C68H115N25O18S2/c1-34(94)51(92-59(104)45(22-27-73)85-54(99)41(9-6-28-80-66(76)77)84-60(105)47(32-50(75)97)89-64(109)52(68(2,3)113)93-61(106)46(88-53(98)39(74)19-24-70)30-35-11-15-37(95)16-12-35)63(108)87-44(21-26-72)58(103)82-40(8-4-5-23-69)56(101)91-49(33-112)62(107)86-43(20-25-71)57(102)83-42(10-7-29-81-67(78)79)55(100)90-48(65(110)111)31-36-13-17-38(96)18-14-36/h11-18,34,39-49,51-52,94-96,112-113H,4-10,19-33,69-74H2,1-3H3,(H2,75,97)(H,82,103)(H,83,102)(H,84,105)(H,85,99)(H,86,107)(H,87,108)(H,88,98)(H,89,109)(H,90,100)(H,91,101)(H,92,104)(H,93,106)(H,110,111)(H4,76,77,80)(H4,78,79,81)/t34-,39+,40+,41+,42+,43+,44-,45+,46+,47+,48+,49+,51+,52-/m1/s1. The van der Waals surface area contributed by atoms with Gasteiger partial charge in [0.1, 0.15) is 84.0 Å². The normalized spacial score (nSPS) is 14.9. The number of guanidine groups is 2. The van der Waals surface area contributed by atoms with Gasteiger partial charge in [-0.15, -0.1) is 0 Å². The van der Waals surface area contributed by atoms with E-state index in [0.717, 1.165) is 6.92 Å². The van der Waals surface area contributed by atoms with Gasteiger partial charge in [0.25, 0.3) is 0 Å². The highest BCUT2D eigenvalue weighted by atomic mass is 32.1. The molecule has 0 unspecified atom stereocenters. The van der Waals surface area contributed by atoms with Crippen molar-refractivity contribution in [3.8, 4) is 11.5 Å². The van der Waals surface area contributed by atoms with Crippen molar-refractivity contribution < 1.29 is 87.5 Å². The van der Waals surface area contributed by atoms with Crippen LogP contribution in [0.25, 0.3) is 0 Å². The van der Waals surface area contributed by atoms with Crippen LogP contribution in [-0.4, -0.2) is 256 Å². The molecular formula is C68H115N25O18S2. The summed E-state index contributed by atoms with van der Waals surface area (Å²) >= 11 is 8.79. The summed E-state index contributed by atoms with van der Waals surface area (Å²) in [6.07, 6.45) is -3.93. The molecule has 0 heterocycles. The highest BCUT2D eigenvalue weighted by Crippen LogP contribution is 2.21. The quantitative estimate of drug-likeness (QED) is 0.0127. The molecule has 14 atom stereocenters. The fraction of sp³-hybridized carbons (Fsp3) is 0.588. The van der Waals surface area contributed by atoms with Crippen molar-refractivity contribution in [1.29, 1.82) is 10.8 Å². The lowest BCUT2D eigenvalue weighted by Gasteiger charge is -2.32. The average molecular weight is 1630 g/mol. The fourth-order valence-electron chi connectivity index (χ4n) is 10.9. The number of amides is 13. The van der Waals surface area contributed by atoms with Crippen LogP contribution < -0.4 is 126 Å². The number of nitrogens with two attached hydrogens (primary N) is 9. The van der Waals surface area contributed by atoms with Crippen molar-refractivity contribution in [2.24, 2.45) is 51.6 Å². The number of hydrogen-bond donors (Lipinski definition) is 31. The van der Waals surface area contributed by atoms with E-state index in [4.69, 9.17) is 62.4 Å². The number of aliphatic hydroxyl groups excluding tert-OH is 1. The van der Waals surface area contributed by atoms with Crippen LogP contribution in [-0.2, 0) is 80.0 Å². The number of hydrogen-bond acceptors (Lipinski definition) is 27. The van der Waals surface area contributed by atoms with Gasteiger partial charge in [0.15, 0.2) is 11.9 Å². The van der Waals surface area contributed by atoms with Crippen molar-refractivity contribution in [1.82, 2.24) is 74.4 Å². The number of carboxylic acids is 1. The van der Waals surface area contributed by atoms with E-state index in [-0.39, 0.29) is 134 Å². The van der Waals surface area contributed by atoms with Gasteiger partial charge in [-0.2, -0.15) is 25.3 Å². The van der Waals surface area contributed by atoms with Gasteiger partial charge in [-0.3, -0.25) is 73.1 Å². The van der Waals surface area contributed by atoms with E-state index in [1.54, 1.807) is 0 Å². The Morgan fingerprint density at radius 3 is 1.11 bits per heavy atom. The van der Waals surface area contributed by atoms with Crippen LogP contribution in [0.4, 0.5) is 0 Å². The third-order valence-corrected chi connectivity index (χ3v) is 17.7. The van der Waals surface area contributed by atoms with E-state index in [0.29, 0.717) is 17.5 Å². The minimum atomic E-state index is -1.92. The Balaban J connectivity index is 2.44. The van der Waals surface area contributed by atoms with Gasteiger partial charge in [0, 0.05) is 36.4 Å². The van der Waals surface area contributed by atoms with E-state index in [1.807, 2.05) is 0 Å². The summed E-state index contributed by atoms with van der Waals surface area (Å²) in [5.41, 5.74) is 52.3. The molecule has 45 heteroatoms. The molecule has 0 radical (unpaired) electrons. The van der Waals surface area contributed by atoms with Crippen LogP contribution in [0.3, 0.4) is 0 Å². The Bertz CT molecular complexity index is 3510. The Labute approximate surface area is 664 Å². The number of aliphatic hydroxyl groups is 1. The van der Waals surface area contributed by atoms with Gasteiger partial charge in [0.2, 0.25) is 76.8 Å². The molecule has 0 bridgehead atoms. The van der Waals surface area contributed by atoms with Crippen LogP contribution >= 0.6 is 25.3 Å². The second-order valence-electron chi connectivity index (χ2n) is 27.0. The first-order valence-corrected chi connectivity index (χ1v) is 37.5. The van der Waals surface area contributed by atoms with Crippen LogP contribution in [0.5, 0.6) is 11.5 Å². The zero-order chi connectivity index (χ0) is 85.2. The maximum absolute atomic E-state index is 14.4. The van der Waals surface area contributed by atoms with Gasteiger partial charge in [-0.25, -0.2) is 4.79 Å². The number of nitrogens with one attached hydrogen (secondary N) is 16. The predicted octanol–water partition coefficient (Wildman–Crippen LogP) is -9.94. The number of rotatable bonds is 54. The zero-order valence-electron chi connectivity index (χ0n) is 63.4. The topological polar surface area (TPSA) is 770 Å². The number of benzene rings is 2. The Morgan fingerprint density at radius 1 is 0.416 bits per heavy atom. The summed E-state index contributed by atoms with van der Waals surface area (Å²) in [6.45, 7) is 3.29. The van der Waals surface area contributed by atoms with Crippen molar-refractivity contribution in [2.75, 3.05) is 51.6 Å². The first-order valence-electron chi connectivity index (χ1n) is 36.4. The monoisotopic (exact) mass is 1630 g/mol. The Morgan fingerprint density at radius 2 is 0.743 bits per heavy atom. The van der Waals surface area contributed by atoms with E-state index in [1.165, 1.54) is 62.4 Å². The lowest BCUT2D eigenvalue weighted by Crippen LogP contribution is -2.63. The highest BCUT2D eigenvalue weighted by Gasteiger charge is 2.41. The van der Waals surface area contributed by atoms with Gasteiger partial charge < -0.3 is 146 Å². The Hall–Kier alpha value is -10.4. The third-order valence-electron chi connectivity index (χ3n) is 17.1. The maximum Gasteiger partial charge on any atom is 0.326 e. The first-order chi connectivity index (χ1) is 53.2. The molecule has 0 spiro atoms. The summed E-state index contributed by atoms with van der Waals surface area (Å²) in [5, 5.41) is 90.3. The molecule has 0 fully saturated rings. The molecule has 38 N–H and O–H groups in total. The van der Waals surface area contributed by atoms with E-state index >= 15 is 0 Å². The van der Waals surface area contributed by atoms with Crippen LogP contribution in [0.2, 0.25) is 0 Å². The van der Waals surface area contributed by atoms with Gasteiger partial charge >= 0.3 is 5.97 Å². The second kappa shape index (κ2) is 51.3. The summed E-state index contributed by atoms with van der Waals surface area (Å²) in [4.78, 5) is 194. The molecule has 632 valence electrons. The molecule has 113 heavy (non-hydrogen) atoms. The molecule has 0 saturated carbocycles. The predicted molar refractivity (Wildman–Crippen MR) is 421 cm³/mol. The number of primary amides is 1. The number of carbonyl (C=O) groups is 14. The number of aliphatic carboxylic acids is 1. The smallest absolute Gasteiger partial charge is 0.326 e. The van der Waals surface area contributed by atoms with Gasteiger partial charge in [-0.1, -0.05) is 24.3 Å². The fourth-order valence-corrected chi connectivity index (χ4v) is 11.3. The summed E-state index contributed by atoms with van der Waals surface area (Å²) in [5.74, 6) is -16.4. The first kappa shape index (κ1) is 98.7. The van der Waals surface area contributed by atoms with Crippen LogP contribution in [0.15, 0.2) is 48.5 Å². The number of carboxylic acid groups (broad SMARTS) is 1. The van der Waals surface area contributed by atoms with Crippen molar-refractivity contribution in [2.45, 2.75) is 200 Å². The number of thiol groups is 2. The maximum atomic E-state index is 14.4. The molecule has 2 aromatic carbocycles. The van der Waals surface area contributed by atoms with Crippen molar-refractivity contribution in [3.05, 3.63) is 59.7 Å². The number of phenols is 2. The summed E-state index contributed by atoms with van der Waals surface area (Å²) in [7, 11) is 0. The van der Waals surface area contributed by atoms with E-state index in [2.05, 4.69) is 99.7 Å². The second-order valence-corrected chi connectivity index (χ2v) is 28.5. The summed E-state index contributed by atoms with van der Waals surface area (Å²) in [6, 6.07) is -9.27. The molecule has 0 aromatic heterocycles. The number of aromatic hydroxyl groups is 2. The molecule has 0 aliphatic carbocycles. The molecule has 43 nitrogen and oxygen atoms in total. The minimum Gasteiger partial charge on any atom is -0.508 e. The lowest BCUT2D eigenvalue weighted by atomic mass is 9.99. The summed E-state index contributed by atoms with van der Waals surface area (Å²) < 4.78 is -1.48. The molecule has 13 amide bonds. The third kappa shape index (κ3) is 37.2. The molecular weight excluding hydrogens is 1520 g/mol. The number of unbranched alkanes of at least 4 members (excludes halogenated alkanes) is 1. The highest BCUT2D eigenvalue weighted by molar-refractivity contribution is 7.81. The van der Waals surface area contributed by atoms with Crippen LogP contribution in [0, 0.1) is 10.8 Å². The zero-order valence-corrected chi connectivity index (χ0v) is 65.1. The SMILES string of the molecule is C[C@@H](O)[C@H](NC(=O)[C@H](CCN)NC(=O)[C@H](CCCNC(=N)N)NC(=O)[C@H](CC(N)=O)NC(=O)[C@@H](NC(=O)[C@H](Cc1ccc(O)cc1)NC(=O)[C@@H](N)CCN)C(C)(C)S)C(=O)N[C@H](CCN)C(=O)N[C@@H](CCCCN)C(=O)N[C@@H](CS)C(=O)N[C@@H](CCN)C(=O)N[C@@H](CCCNC(=N)N)C(=O)N[C@@H](Cc1ccc(O)cc1)C(=O)O. The van der Waals surface area contributed by atoms with Gasteiger partial charge in [0.05, 0.1) is 18.6 Å². The number of carbonyl (C=O) groups excluding carboxylic acids is 13. The van der Waals surface area contributed by atoms with Gasteiger partial charge in [-0.05, 0) is 160 Å². The van der Waals surface area contributed by atoms with E-state index in [9.17, 15) is 87.5 Å². The van der Waals surface area contributed by atoms with Crippen molar-refractivity contribution in [3.63, 3.8) is 0 Å². The molecule has 2 aromatic rings.